The Morgan fingerprint density at radius 2 is 1.97 bits per heavy atom. The van der Waals surface area contributed by atoms with Gasteiger partial charge >= 0.3 is 6.09 Å². The van der Waals surface area contributed by atoms with Gasteiger partial charge in [-0.2, -0.15) is 5.26 Å². The van der Waals surface area contributed by atoms with Crippen molar-refractivity contribution in [2.75, 3.05) is 33.8 Å². The van der Waals surface area contributed by atoms with Crippen LogP contribution in [0.15, 0.2) is 17.1 Å². The van der Waals surface area contributed by atoms with E-state index in [2.05, 4.69) is 11.1 Å². The number of nitriles is 1. The first-order valence-electron chi connectivity index (χ1n) is 9.99. The summed E-state index contributed by atoms with van der Waals surface area (Å²) in [6.07, 6.45) is 2.78. The van der Waals surface area contributed by atoms with Gasteiger partial charge in [0.15, 0.2) is 0 Å². The number of nitrogens with zero attached hydrogens (tertiary/aromatic N) is 4. The van der Waals surface area contributed by atoms with Gasteiger partial charge in [0.1, 0.15) is 23.0 Å². The first kappa shape index (κ1) is 24.3. The quantitative estimate of drug-likeness (QED) is 0.348. The lowest BCUT2D eigenvalue weighted by molar-refractivity contribution is 0.0252. The average Bonchev–Trinajstić information content (AvgIpc) is 2.64. The summed E-state index contributed by atoms with van der Waals surface area (Å²) >= 11 is 0. The molecule has 0 radical (unpaired) electrons. The minimum atomic E-state index is -0.521. The van der Waals surface area contributed by atoms with Crippen LogP contribution in [0.1, 0.15) is 52.2 Å². The van der Waals surface area contributed by atoms with Gasteiger partial charge in [0, 0.05) is 27.2 Å². The smallest absolute Gasteiger partial charge is 0.410 e. The molecule has 0 aliphatic rings. The molecular weight excluding hydrogens is 368 g/mol. The summed E-state index contributed by atoms with van der Waals surface area (Å²) in [6, 6.07) is 6.00. The molecule has 7 heteroatoms. The second-order valence-electron chi connectivity index (χ2n) is 7.92. The van der Waals surface area contributed by atoms with E-state index in [1.165, 1.54) is 0 Å². The second kappa shape index (κ2) is 11.3. The maximum Gasteiger partial charge on any atom is 0.410 e. The van der Waals surface area contributed by atoms with Crippen molar-refractivity contribution in [1.29, 1.82) is 5.26 Å². The van der Waals surface area contributed by atoms with Gasteiger partial charge in [-0.05, 0) is 58.2 Å². The monoisotopic (exact) mass is 402 g/mol. The molecule has 29 heavy (non-hydrogen) atoms. The standard InChI is InChI=1S/C22H34N4O3/c1-8-17-13-19(24-16-25(6)7)18(15-23)20(14-17)28-12-10-11-26(9-2)21(27)29-22(3,4)5/h13-14,16H,8-12H2,1-7H3. The van der Waals surface area contributed by atoms with Gasteiger partial charge in [-0.25, -0.2) is 9.79 Å². The van der Waals surface area contributed by atoms with Gasteiger partial charge < -0.3 is 19.3 Å². The van der Waals surface area contributed by atoms with Crippen LogP contribution in [0.2, 0.25) is 0 Å². The maximum atomic E-state index is 12.2. The normalized spacial score (nSPS) is 11.2. The Morgan fingerprint density at radius 3 is 2.48 bits per heavy atom. The summed E-state index contributed by atoms with van der Waals surface area (Å²) in [5.41, 5.74) is 1.54. The van der Waals surface area contributed by atoms with Crippen LogP contribution >= 0.6 is 0 Å². The van der Waals surface area contributed by atoms with Crippen molar-refractivity contribution in [2.45, 2.75) is 53.1 Å². The predicted octanol–water partition coefficient (Wildman–Crippen LogP) is 4.37. The number of aliphatic imine (C=N–C) groups is 1. The van der Waals surface area contributed by atoms with Crippen molar-refractivity contribution in [1.82, 2.24) is 9.80 Å². The minimum absolute atomic E-state index is 0.328. The van der Waals surface area contributed by atoms with Crippen molar-refractivity contribution >= 4 is 18.1 Å². The van der Waals surface area contributed by atoms with Crippen molar-refractivity contribution in [3.8, 4) is 11.8 Å². The highest BCUT2D eigenvalue weighted by atomic mass is 16.6. The Hall–Kier alpha value is -2.75. The van der Waals surface area contributed by atoms with Gasteiger partial charge in [0.25, 0.3) is 0 Å². The zero-order valence-corrected chi connectivity index (χ0v) is 18.8. The first-order valence-corrected chi connectivity index (χ1v) is 9.99. The van der Waals surface area contributed by atoms with E-state index < -0.39 is 5.60 Å². The molecule has 0 aromatic heterocycles. The highest BCUT2D eigenvalue weighted by Gasteiger charge is 2.20. The highest BCUT2D eigenvalue weighted by Crippen LogP contribution is 2.30. The fraction of sp³-hybridized carbons (Fsp3) is 0.591. The van der Waals surface area contributed by atoms with Crippen molar-refractivity contribution in [3.63, 3.8) is 0 Å². The minimum Gasteiger partial charge on any atom is -0.492 e. The van der Waals surface area contributed by atoms with E-state index in [0.29, 0.717) is 43.1 Å². The van der Waals surface area contributed by atoms with Crippen LogP contribution in [0, 0.1) is 11.3 Å². The molecule has 0 aliphatic heterocycles. The molecular formula is C22H34N4O3. The fourth-order valence-corrected chi connectivity index (χ4v) is 2.51. The second-order valence-corrected chi connectivity index (χ2v) is 7.92. The summed E-state index contributed by atoms with van der Waals surface area (Å²) in [4.78, 5) is 20.1. The molecule has 0 fully saturated rings. The number of carbonyl (C=O) groups excluding carboxylic acids is 1. The number of hydrogen-bond donors (Lipinski definition) is 0. The third-order valence-corrected chi connectivity index (χ3v) is 3.95. The number of rotatable bonds is 9. The van der Waals surface area contributed by atoms with Crippen LogP contribution in [0.5, 0.6) is 5.75 Å². The number of ether oxygens (including phenoxy) is 2. The average molecular weight is 403 g/mol. The summed E-state index contributed by atoms with van der Waals surface area (Å²) in [5, 5.41) is 9.60. The molecule has 0 saturated carbocycles. The number of aryl methyl sites for hydroxylation is 1. The van der Waals surface area contributed by atoms with E-state index in [0.717, 1.165) is 12.0 Å². The Kier molecular flexibility index (Phi) is 9.46. The molecule has 1 aromatic carbocycles. The topological polar surface area (TPSA) is 78.2 Å². The largest absolute Gasteiger partial charge is 0.492 e. The number of hydrogen-bond acceptors (Lipinski definition) is 5. The lowest BCUT2D eigenvalue weighted by Crippen LogP contribution is -2.37. The number of amides is 1. The molecule has 0 spiro atoms. The number of carbonyl (C=O) groups is 1. The molecule has 0 unspecified atom stereocenters. The van der Waals surface area contributed by atoms with Gasteiger partial charge in [0.2, 0.25) is 0 Å². The summed E-state index contributed by atoms with van der Waals surface area (Å²) in [6.45, 7) is 11.0. The molecule has 1 amide bonds. The zero-order chi connectivity index (χ0) is 22.0. The van der Waals surface area contributed by atoms with Crippen molar-refractivity contribution in [3.05, 3.63) is 23.3 Å². The molecule has 0 bridgehead atoms. The fourth-order valence-electron chi connectivity index (χ4n) is 2.51. The third kappa shape index (κ3) is 8.43. The number of benzene rings is 1. The van der Waals surface area contributed by atoms with Crippen LogP contribution in [-0.4, -0.2) is 61.6 Å². The molecule has 7 nitrogen and oxygen atoms in total. The third-order valence-electron chi connectivity index (χ3n) is 3.95. The molecule has 0 saturated heterocycles. The van der Waals surface area contributed by atoms with Crippen molar-refractivity contribution in [2.24, 2.45) is 4.99 Å². The van der Waals surface area contributed by atoms with E-state index in [-0.39, 0.29) is 6.09 Å². The summed E-state index contributed by atoms with van der Waals surface area (Å²) in [5.74, 6) is 0.526. The van der Waals surface area contributed by atoms with E-state index in [9.17, 15) is 10.1 Å². The Labute approximate surface area is 174 Å². The van der Waals surface area contributed by atoms with Gasteiger partial charge in [0.05, 0.1) is 18.6 Å². The lowest BCUT2D eigenvalue weighted by atomic mass is 10.1. The van der Waals surface area contributed by atoms with Gasteiger partial charge in [-0.3, -0.25) is 0 Å². The van der Waals surface area contributed by atoms with Gasteiger partial charge in [-0.15, -0.1) is 0 Å². The van der Waals surface area contributed by atoms with E-state index in [4.69, 9.17) is 9.47 Å². The Morgan fingerprint density at radius 1 is 1.28 bits per heavy atom. The summed E-state index contributed by atoms with van der Waals surface area (Å²) in [7, 11) is 3.75. The molecule has 1 rings (SSSR count). The van der Waals surface area contributed by atoms with E-state index >= 15 is 0 Å². The van der Waals surface area contributed by atoms with Crippen LogP contribution in [-0.2, 0) is 11.2 Å². The van der Waals surface area contributed by atoms with Crippen LogP contribution < -0.4 is 4.74 Å². The highest BCUT2D eigenvalue weighted by molar-refractivity contribution is 5.69. The van der Waals surface area contributed by atoms with Gasteiger partial charge in [-0.1, -0.05) is 6.92 Å². The molecule has 1 aromatic rings. The first-order chi connectivity index (χ1) is 13.6. The molecule has 0 atom stereocenters. The Bertz CT molecular complexity index is 746. The molecule has 0 N–H and O–H groups in total. The van der Waals surface area contributed by atoms with Crippen LogP contribution in [0.3, 0.4) is 0 Å². The summed E-state index contributed by atoms with van der Waals surface area (Å²) < 4.78 is 11.3. The predicted molar refractivity (Wildman–Crippen MR) is 116 cm³/mol. The van der Waals surface area contributed by atoms with E-state index in [1.54, 1.807) is 11.2 Å². The lowest BCUT2D eigenvalue weighted by Gasteiger charge is -2.26. The SMILES string of the molecule is CCc1cc(N=CN(C)C)c(C#N)c(OCCCN(CC)C(=O)OC(C)(C)C)c1. The van der Waals surface area contributed by atoms with Crippen LogP contribution in [0.25, 0.3) is 0 Å². The van der Waals surface area contributed by atoms with E-state index in [1.807, 2.05) is 65.7 Å². The Balaban J connectivity index is 2.82. The van der Waals surface area contributed by atoms with Crippen LogP contribution in [0.4, 0.5) is 10.5 Å². The maximum absolute atomic E-state index is 12.2. The zero-order valence-electron chi connectivity index (χ0n) is 18.8. The molecule has 0 heterocycles. The molecule has 0 aliphatic carbocycles. The van der Waals surface area contributed by atoms with Crippen molar-refractivity contribution < 1.29 is 14.3 Å². The molecule has 160 valence electrons.